The molecule has 0 spiro atoms. The zero-order chi connectivity index (χ0) is 17.7. The minimum Gasteiger partial charge on any atom is -0.351 e. The van der Waals surface area contributed by atoms with Gasteiger partial charge in [-0.3, -0.25) is 4.79 Å². The molecule has 0 atom stereocenters. The van der Waals surface area contributed by atoms with Crippen LogP contribution in [0.4, 0.5) is 11.5 Å². The Morgan fingerprint density at radius 1 is 1.21 bits per heavy atom. The first kappa shape index (κ1) is 18.5. The topological polar surface area (TPSA) is 66.9 Å². The van der Waals surface area contributed by atoms with Crippen LogP contribution in [0.15, 0.2) is 24.3 Å². The second-order valence-electron chi connectivity index (χ2n) is 5.87. The zero-order valence-electron chi connectivity index (χ0n) is 13.9. The summed E-state index contributed by atoms with van der Waals surface area (Å²) in [4.78, 5) is 20.7. The summed E-state index contributed by atoms with van der Waals surface area (Å²) in [7, 11) is 0. The third-order valence-corrected chi connectivity index (χ3v) is 3.82. The molecule has 0 unspecified atom stereocenters. The molecule has 0 aliphatic rings. The molecule has 1 aromatic heterocycles. The number of aromatic nitrogens is 2. The van der Waals surface area contributed by atoms with Gasteiger partial charge in [0.2, 0.25) is 0 Å². The lowest BCUT2D eigenvalue weighted by molar-refractivity contribution is 0.0946. The maximum atomic E-state index is 12.2. The van der Waals surface area contributed by atoms with Crippen LogP contribution in [0.25, 0.3) is 0 Å². The molecule has 0 aliphatic heterocycles. The van der Waals surface area contributed by atoms with Crippen molar-refractivity contribution in [2.45, 2.75) is 27.2 Å². The highest BCUT2D eigenvalue weighted by atomic mass is 35.5. The molecule has 0 saturated carbocycles. The maximum Gasteiger partial charge on any atom is 0.270 e. The molecule has 2 aromatic rings. The van der Waals surface area contributed by atoms with Gasteiger partial charge in [0.15, 0.2) is 0 Å². The van der Waals surface area contributed by atoms with Crippen molar-refractivity contribution < 1.29 is 4.79 Å². The zero-order valence-corrected chi connectivity index (χ0v) is 15.4. The summed E-state index contributed by atoms with van der Waals surface area (Å²) in [6, 6.07) is 6.72. The van der Waals surface area contributed by atoms with Crippen molar-refractivity contribution >= 4 is 40.6 Å². The van der Waals surface area contributed by atoms with Gasteiger partial charge >= 0.3 is 0 Å². The third kappa shape index (κ3) is 5.35. The number of anilines is 2. The Hall–Kier alpha value is -1.85. The van der Waals surface area contributed by atoms with Crippen molar-refractivity contribution in [3.05, 3.63) is 45.8 Å². The van der Waals surface area contributed by atoms with Gasteiger partial charge in [-0.2, -0.15) is 0 Å². The van der Waals surface area contributed by atoms with Crippen LogP contribution in [0.3, 0.4) is 0 Å². The van der Waals surface area contributed by atoms with Gasteiger partial charge in [-0.25, -0.2) is 9.97 Å². The highest BCUT2D eigenvalue weighted by Gasteiger charge is 2.11. The Labute approximate surface area is 151 Å². The number of carbonyl (C=O) groups excluding carboxylic acids is 1. The van der Waals surface area contributed by atoms with Crippen LogP contribution in [-0.4, -0.2) is 22.4 Å². The SMILES string of the molecule is Cc1nc(Nc2ccc(Cl)cc2Cl)cc(C(=O)NCCC(C)C)n1. The number of halogens is 2. The number of aryl methyl sites for hydroxylation is 1. The Balaban J connectivity index is 2.14. The molecule has 0 bridgehead atoms. The molecule has 0 radical (unpaired) electrons. The number of rotatable bonds is 6. The van der Waals surface area contributed by atoms with E-state index in [1.807, 2.05) is 0 Å². The number of amides is 1. The average Bonchev–Trinajstić information content (AvgIpc) is 2.49. The summed E-state index contributed by atoms with van der Waals surface area (Å²) in [6.45, 7) is 6.57. The molecule has 2 N–H and O–H groups in total. The molecule has 0 fully saturated rings. The summed E-state index contributed by atoms with van der Waals surface area (Å²) in [5.41, 5.74) is 0.976. The standard InChI is InChI=1S/C17H20Cl2N4O/c1-10(2)6-7-20-17(24)15-9-16(22-11(3)21-15)23-14-5-4-12(18)8-13(14)19/h4-5,8-10H,6-7H2,1-3H3,(H,20,24)(H,21,22,23). The molecule has 24 heavy (non-hydrogen) atoms. The van der Waals surface area contributed by atoms with Crippen molar-refractivity contribution in [3.8, 4) is 0 Å². The number of benzene rings is 1. The summed E-state index contributed by atoms with van der Waals surface area (Å²) in [5.74, 6) is 1.31. The van der Waals surface area contributed by atoms with Gasteiger partial charge in [0, 0.05) is 17.6 Å². The summed E-state index contributed by atoms with van der Waals surface area (Å²) in [5, 5.41) is 6.98. The van der Waals surface area contributed by atoms with E-state index in [9.17, 15) is 4.79 Å². The van der Waals surface area contributed by atoms with Crippen molar-refractivity contribution in [3.63, 3.8) is 0 Å². The van der Waals surface area contributed by atoms with Gasteiger partial charge in [0.25, 0.3) is 5.91 Å². The van der Waals surface area contributed by atoms with Crippen LogP contribution in [-0.2, 0) is 0 Å². The predicted octanol–water partition coefficient (Wildman–Crippen LogP) is 4.61. The monoisotopic (exact) mass is 366 g/mol. The lowest BCUT2D eigenvalue weighted by atomic mass is 10.1. The Morgan fingerprint density at radius 3 is 2.62 bits per heavy atom. The maximum absolute atomic E-state index is 12.2. The Morgan fingerprint density at radius 2 is 1.96 bits per heavy atom. The van der Waals surface area contributed by atoms with Crippen LogP contribution in [0, 0.1) is 12.8 Å². The van der Waals surface area contributed by atoms with Gasteiger partial charge in [-0.1, -0.05) is 37.0 Å². The lowest BCUT2D eigenvalue weighted by Crippen LogP contribution is -2.26. The second kappa shape index (κ2) is 8.31. The molecule has 0 saturated heterocycles. The fraction of sp³-hybridized carbons (Fsp3) is 0.353. The van der Waals surface area contributed by atoms with E-state index in [-0.39, 0.29) is 5.91 Å². The average molecular weight is 367 g/mol. The Bertz CT molecular complexity index is 735. The van der Waals surface area contributed by atoms with Crippen molar-refractivity contribution in [1.29, 1.82) is 0 Å². The van der Waals surface area contributed by atoms with Gasteiger partial charge in [0.05, 0.1) is 10.7 Å². The molecule has 1 heterocycles. The molecule has 0 aliphatic carbocycles. The van der Waals surface area contributed by atoms with Gasteiger partial charge in [0.1, 0.15) is 17.3 Å². The van der Waals surface area contributed by atoms with Crippen LogP contribution >= 0.6 is 23.2 Å². The molecule has 128 valence electrons. The molecule has 2 rings (SSSR count). The molecular weight excluding hydrogens is 347 g/mol. The summed E-state index contributed by atoms with van der Waals surface area (Å²) < 4.78 is 0. The minimum atomic E-state index is -0.216. The van der Waals surface area contributed by atoms with Crippen molar-refractivity contribution in [1.82, 2.24) is 15.3 Å². The number of carbonyl (C=O) groups is 1. The van der Waals surface area contributed by atoms with E-state index < -0.39 is 0 Å². The quantitative estimate of drug-likeness (QED) is 0.782. The van der Waals surface area contributed by atoms with Crippen LogP contribution in [0.2, 0.25) is 10.0 Å². The predicted molar refractivity (Wildman–Crippen MR) is 98.3 cm³/mol. The second-order valence-corrected chi connectivity index (χ2v) is 6.72. The lowest BCUT2D eigenvalue weighted by Gasteiger charge is -2.11. The van der Waals surface area contributed by atoms with Crippen LogP contribution in [0.5, 0.6) is 0 Å². The summed E-state index contributed by atoms with van der Waals surface area (Å²) in [6.07, 6.45) is 0.918. The first-order valence-electron chi connectivity index (χ1n) is 7.71. The van der Waals surface area contributed by atoms with Crippen LogP contribution < -0.4 is 10.6 Å². The Kier molecular flexibility index (Phi) is 6.40. The van der Waals surface area contributed by atoms with Crippen molar-refractivity contribution in [2.24, 2.45) is 5.92 Å². The summed E-state index contributed by atoms with van der Waals surface area (Å²) >= 11 is 12.0. The van der Waals surface area contributed by atoms with Gasteiger partial charge in [-0.15, -0.1) is 0 Å². The highest BCUT2D eigenvalue weighted by molar-refractivity contribution is 6.36. The fourth-order valence-electron chi connectivity index (χ4n) is 2.04. The number of nitrogens with one attached hydrogen (secondary N) is 2. The van der Waals surface area contributed by atoms with Gasteiger partial charge in [-0.05, 0) is 37.5 Å². The minimum absolute atomic E-state index is 0.216. The van der Waals surface area contributed by atoms with E-state index in [4.69, 9.17) is 23.2 Å². The van der Waals surface area contributed by atoms with E-state index in [0.29, 0.717) is 45.5 Å². The molecule has 5 nitrogen and oxygen atoms in total. The van der Waals surface area contributed by atoms with Crippen molar-refractivity contribution in [2.75, 3.05) is 11.9 Å². The van der Waals surface area contributed by atoms with E-state index >= 15 is 0 Å². The van der Waals surface area contributed by atoms with Gasteiger partial charge < -0.3 is 10.6 Å². The number of hydrogen-bond acceptors (Lipinski definition) is 4. The third-order valence-electron chi connectivity index (χ3n) is 3.27. The smallest absolute Gasteiger partial charge is 0.270 e. The fourth-order valence-corrected chi connectivity index (χ4v) is 2.50. The largest absolute Gasteiger partial charge is 0.351 e. The van der Waals surface area contributed by atoms with E-state index in [1.54, 1.807) is 31.2 Å². The van der Waals surface area contributed by atoms with E-state index in [2.05, 4.69) is 34.4 Å². The van der Waals surface area contributed by atoms with E-state index in [0.717, 1.165) is 6.42 Å². The van der Waals surface area contributed by atoms with Crippen LogP contribution in [0.1, 0.15) is 36.6 Å². The normalized spacial score (nSPS) is 10.8. The number of nitrogens with zero attached hydrogens (tertiary/aromatic N) is 2. The first-order valence-corrected chi connectivity index (χ1v) is 8.46. The molecule has 1 amide bonds. The number of hydrogen-bond donors (Lipinski definition) is 2. The first-order chi connectivity index (χ1) is 11.3. The molecule has 7 heteroatoms. The highest BCUT2D eigenvalue weighted by Crippen LogP contribution is 2.27. The molecular formula is C17H20Cl2N4O. The van der Waals surface area contributed by atoms with E-state index in [1.165, 1.54) is 0 Å². The molecule has 1 aromatic carbocycles.